The van der Waals surface area contributed by atoms with Gasteiger partial charge in [0.25, 0.3) is 0 Å². The van der Waals surface area contributed by atoms with Crippen molar-refractivity contribution in [3.63, 3.8) is 0 Å². The van der Waals surface area contributed by atoms with Gasteiger partial charge in [0, 0.05) is 6.54 Å². The van der Waals surface area contributed by atoms with Crippen LogP contribution in [0.25, 0.3) is 0 Å². The first-order chi connectivity index (χ1) is 5.85. The van der Waals surface area contributed by atoms with E-state index < -0.39 is 0 Å². The van der Waals surface area contributed by atoms with Gasteiger partial charge in [0.2, 0.25) is 0 Å². The van der Waals surface area contributed by atoms with Crippen LogP contribution in [0.2, 0.25) is 0 Å². The number of nitrogens with one attached hydrogen (secondary N) is 2. The van der Waals surface area contributed by atoms with Crippen LogP contribution in [0.4, 0.5) is 0 Å². The number of aliphatic imine (C=N–C) groups is 2. The fraction of sp³-hybridized carbons (Fsp3) is 0.875. The predicted molar refractivity (Wildman–Crippen MR) is 59.0 cm³/mol. The zero-order valence-electron chi connectivity index (χ0n) is 8.50. The largest absolute Gasteiger partial charge is 0.305 e. The molecule has 2 N–H and O–H groups in total. The van der Waals surface area contributed by atoms with E-state index in [0.29, 0.717) is 6.17 Å². The summed E-state index contributed by atoms with van der Waals surface area (Å²) >= 11 is 0. The lowest BCUT2D eigenvalue weighted by atomic mass is 10.3. The lowest BCUT2D eigenvalue weighted by Crippen LogP contribution is -2.38. The summed E-state index contributed by atoms with van der Waals surface area (Å²) in [5.41, 5.74) is 0. The minimum Gasteiger partial charge on any atom is -0.305 e. The summed E-state index contributed by atoms with van der Waals surface area (Å²) in [7, 11) is 3.84. The van der Waals surface area contributed by atoms with E-state index in [1.165, 1.54) is 0 Å². The van der Waals surface area contributed by atoms with E-state index in [9.17, 15) is 0 Å². The molecule has 0 aromatic carbocycles. The summed E-state index contributed by atoms with van der Waals surface area (Å²) in [5.74, 6) is 0. The van der Waals surface area contributed by atoms with E-state index >= 15 is 0 Å². The van der Waals surface area contributed by atoms with Crippen molar-refractivity contribution in [2.75, 3.05) is 27.2 Å². The summed E-state index contributed by atoms with van der Waals surface area (Å²) in [4.78, 5) is 7.86. The molecule has 0 saturated heterocycles. The van der Waals surface area contributed by atoms with Crippen LogP contribution in [0.1, 0.15) is 13.3 Å². The Morgan fingerprint density at radius 2 is 1.85 bits per heavy atom. The van der Waals surface area contributed by atoms with Crippen molar-refractivity contribution in [1.82, 2.24) is 10.6 Å². The van der Waals surface area contributed by atoms with Crippen LogP contribution < -0.4 is 10.6 Å². The Kier molecular flexibility index (Phi) is 13.4. The molecular formula is C8H19ClN4. The van der Waals surface area contributed by atoms with Gasteiger partial charge in [-0.15, -0.1) is 12.4 Å². The quantitative estimate of drug-likeness (QED) is 0.498. The normalized spacial score (nSPS) is 8.92. The third-order valence-electron chi connectivity index (χ3n) is 1.53. The van der Waals surface area contributed by atoms with Crippen LogP contribution in [0.5, 0.6) is 0 Å². The van der Waals surface area contributed by atoms with Crippen molar-refractivity contribution in [3.8, 4) is 0 Å². The highest BCUT2D eigenvalue weighted by atomic mass is 35.5. The molecule has 0 aliphatic carbocycles. The lowest BCUT2D eigenvalue weighted by Gasteiger charge is -2.12. The number of rotatable bonds is 6. The number of halogens is 1. The smallest absolute Gasteiger partial charge is 0.0892 e. The molecule has 0 atom stereocenters. The Hall–Kier alpha value is -0.410. The van der Waals surface area contributed by atoms with E-state index in [4.69, 9.17) is 0 Å². The van der Waals surface area contributed by atoms with Gasteiger partial charge < -0.3 is 10.6 Å². The molecule has 0 heterocycles. The van der Waals surface area contributed by atoms with Gasteiger partial charge in [0.15, 0.2) is 0 Å². The summed E-state index contributed by atoms with van der Waals surface area (Å²) < 4.78 is 0. The van der Waals surface area contributed by atoms with Crippen molar-refractivity contribution in [1.29, 1.82) is 0 Å². The highest BCUT2D eigenvalue weighted by molar-refractivity contribution is 5.85. The molecular weight excluding hydrogens is 188 g/mol. The zero-order chi connectivity index (χ0) is 9.23. The lowest BCUT2D eigenvalue weighted by molar-refractivity contribution is 0.469. The van der Waals surface area contributed by atoms with Gasteiger partial charge in [-0.1, -0.05) is 0 Å². The second-order valence-corrected chi connectivity index (χ2v) is 2.37. The number of nitrogens with zero attached hydrogens (tertiary/aromatic N) is 2. The molecule has 0 aliphatic rings. The zero-order valence-corrected chi connectivity index (χ0v) is 9.32. The van der Waals surface area contributed by atoms with E-state index in [-0.39, 0.29) is 12.4 Å². The van der Waals surface area contributed by atoms with Crippen LogP contribution in [0.15, 0.2) is 9.98 Å². The Labute approximate surface area is 86.3 Å². The summed E-state index contributed by atoms with van der Waals surface area (Å²) in [6.07, 6.45) is 1.29. The highest BCUT2D eigenvalue weighted by Crippen LogP contribution is 1.85. The third kappa shape index (κ3) is 9.50. The standard InChI is InChI=1S/C8H18N4.ClH/c1-4-11-7-12-6-5-8(9-2)10-3;/h8-10H,4-6H2,1-3H3;1H. The molecule has 0 unspecified atom stereocenters. The van der Waals surface area contributed by atoms with Gasteiger partial charge in [-0.25, -0.2) is 9.98 Å². The van der Waals surface area contributed by atoms with Crippen LogP contribution in [0, 0.1) is 0 Å². The molecule has 0 aromatic rings. The average Bonchev–Trinajstić information content (AvgIpc) is 2.11. The monoisotopic (exact) mass is 206 g/mol. The molecule has 0 fully saturated rings. The van der Waals surface area contributed by atoms with Crippen LogP contribution in [0.3, 0.4) is 0 Å². The Morgan fingerprint density at radius 3 is 2.31 bits per heavy atom. The van der Waals surface area contributed by atoms with Crippen molar-refractivity contribution in [3.05, 3.63) is 0 Å². The van der Waals surface area contributed by atoms with E-state index in [2.05, 4.69) is 26.6 Å². The Balaban J connectivity index is 0. The van der Waals surface area contributed by atoms with E-state index in [1.807, 2.05) is 21.0 Å². The van der Waals surface area contributed by atoms with Gasteiger partial charge in [-0.05, 0) is 27.4 Å². The van der Waals surface area contributed by atoms with Gasteiger partial charge in [-0.2, -0.15) is 0 Å². The highest BCUT2D eigenvalue weighted by Gasteiger charge is 1.98. The second kappa shape index (κ2) is 11.6. The van der Waals surface area contributed by atoms with Gasteiger partial charge >= 0.3 is 0 Å². The number of hydrogen-bond acceptors (Lipinski definition) is 4. The van der Waals surface area contributed by atoms with Crippen LogP contribution in [-0.2, 0) is 0 Å². The average molecular weight is 207 g/mol. The minimum atomic E-state index is 0. The summed E-state index contributed by atoms with van der Waals surface area (Å²) in [6.45, 7) is 3.48. The first-order valence-electron chi connectivity index (χ1n) is 4.27. The molecule has 78 valence electrons. The topological polar surface area (TPSA) is 48.8 Å². The molecule has 0 saturated carbocycles. The second-order valence-electron chi connectivity index (χ2n) is 2.37. The van der Waals surface area contributed by atoms with Crippen molar-refractivity contribution < 1.29 is 0 Å². The molecule has 0 spiro atoms. The van der Waals surface area contributed by atoms with Crippen LogP contribution in [-0.4, -0.2) is 39.4 Å². The molecule has 0 amide bonds. The Morgan fingerprint density at radius 1 is 1.23 bits per heavy atom. The first-order valence-corrected chi connectivity index (χ1v) is 4.27. The molecule has 4 nitrogen and oxygen atoms in total. The molecule has 0 rings (SSSR count). The maximum absolute atomic E-state index is 4.00. The maximum Gasteiger partial charge on any atom is 0.0892 e. The first kappa shape index (κ1) is 15.1. The van der Waals surface area contributed by atoms with Gasteiger partial charge in [-0.3, -0.25) is 0 Å². The molecule has 0 radical (unpaired) electrons. The summed E-state index contributed by atoms with van der Waals surface area (Å²) in [5, 5.41) is 6.23. The Bertz CT molecular complexity index is 150. The van der Waals surface area contributed by atoms with Crippen molar-refractivity contribution in [2.45, 2.75) is 19.5 Å². The van der Waals surface area contributed by atoms with Gasteiger partial charge in [0.1, 0.15) is 0 Å². The minimum absolute atomic E-state index is 0. The molecule has 0 aromatic heterocycles. The molecule has 13 heavy (non-hydrogen) atoms. The third-order valence-corrected chi connectivity index (χ3v) is 1.53. The SMILES string of the molecule is CCN=C=NCCC(NC)NC.Cl. The maximum atomic E-state index is 4.00. The van der Waals surface area contributed by atoms with E-state index in [0.717, 1.165) is 19.5 Å². The summed E-state index contributed by atoms with van der Waals surface area (Å²) in [6, 6.07) is 2.63. The number of hydrogen-bond donors (Lipinski definition) is 2. The molecule has 0 bridgehead atoms. The predicted octanol–water partition coefficient (Wildman–Crippen LogP) is 0.757. The molecule has 0 aliphatic heterocycles. The fourth-order valence-electron chi connectivity index (χ4n) is 0.797. The van der Waals surface area contributed by atoms with Crippen molar-refractivity contribution in [2.24, 2.45) is 9.98 Å². The fourth-order valence-corrected chi connectivity index (χ4v) is 0.797. The van der Waals surface area contributed by atoms with E-state index in [1.54, 1.807) is 0 Å². The molecule has 5 heteroatoms. The van der Waals surface area contributed by atoms with Gasteiger partial charge in [0.05, 0.1) is 18.7 Å². The van der Waals surface area contributed by atoms with Crippen LogP contribution >= 0.6 is 12.4 Å². The van der Waals surface area contributed by atoms with Crippen molar-refractivity contribution >= 4 is 18.4 Å².